The van der Waals surface area contributed by atoms with Gasteiger partial charge in [-0.15, -0.1) is 0 Å². The van der Waals surface area contributed by atoms with E-state index >= 15 is 0 Å². The average molecular weight is 266 g/mol. The van der Waals surface area contributed by atoms with Crippen LogP contribution in [0.5, 0.6) is 0 Å². The van der Waals surface area contributed by atoms with Crippen molar-refractivity contribution in [2.75, 3.05) is 6.26 Å². The standard InChI is InChI=1S/C10H6F4O2S/c1-17(15,16)3-2-7-4-8(10(12,13)14)6-9(11)5-7/h4-6H,1H3. The highest BCUT2D eigenvalue weighted by molar-refractivity contribution is 7.95. The highest BCUT2D eigenvalue weighted by atomic mass is 32.2. The molecule has 0 atom stereocenters. The second-order valence-corrected chi connectivity index (χ2v) is 4.97. The summed E-state index contributed by atoms with van der Waals surface area (Å²) in [6.07, 6.45) is -3.91. The molecule has 2 nitrogen and oxygen atoms in total. The molecule has 0 heterocycles. The van der Waals surface area contributed by atoms with Gasteiger partial charge in [-0.05, 0) is 24.1 Å². The van der Waals surface area contributed by atoms with Crippen molar-refractivity contribution in [1.82, 2.24) is 0 Å². The third-order valence-electron chi connectivity index (χ3n) is 1.61. The normalized spacial score (nSPS) is 11.8. The molecule has 0 unspecified atom stereocenters. The van der Waals surface area contributed by atoms with Crippen molar-refractivity contribution < 1.29 is 26.0 Å². The topological polar surface area (TPSA) is 34.1 Å². The van der Waals surface area contributed by atoms with Gasteiger partial charge < -0.3 is 0 Å². The summed E-state index contributed by atoms with van der Waals surface area (Å²) < 4.78 is 71.1. The number of halogens is 4. The molecule has 0 bridgehead atoms. The van der Waals surface area contributed by atoms with Crippen LogP contribution in [0.2, 0.25) is 0 Å². The third kappa shape index (κ3) is 4.44. The molecule has 92 valence electrons. The van der Waals surface area contributed by atoms with E-state index < -0.39 is 27.4 Å². The first-order valence-corrected chi connectivity index (χ1v) is 6.08. The van der Waals surface area contributed by atoms with Crippen molar-refractivity contribution >= 4 is 9.84 Å². The minimum atomic E-state index is -4.70. The van der Waals surface area contributed by atoms with Crippen molar-refractivity contribution in [3.8, 4) is 11.2 Å². The molecule has 0 aliphatic rings. The van der Waals surface area contributed by atoms with Gasteiger partial charge in [0.2, 0.25) is 9.84 Å². The van der Waals surface area contributed by atoms with Gasteiger partial charge in [0, 0.05) is 10.8 Å². The number of alkyl halides is 3. The molecule has 0 spiro atoms. The molecule has 0 saturated heterocycles. The van der Waals surface area contributed by atoms with Gasteiger partial charge in [-0.2, -0.15) is 13.2 Å². The Kier molecular flexibility index (Phi) is 3.48. The summed E-state index contributed by atoms with van der Waals surface area (Å²) >= 11 is 0. The second-order valence-electron chi connectivity index (χ2n) is 3.23. The molecule has 1 aromatic rings. The zero-order valence-electron chi connectivity index (χ0n) is 8.47. The largest absolute Gasteiger partial charge is 0.416 e. The maximum Gasteiger partial charge on any atom is 0.416 e. The molecule has 0 aliphatic heterocycles. The quantitative estimate of drug-likeness (QED) is 0.533. The summed E-state index contributed by atoms with van der Waals surface area (Å²) in [5.41, 5.74) is -1.56. The van der Waals surface area contributed by atoms with Crippen LogP contribution in [0.3, 0.4) is 0 Å². The second kappa shape index (κ2) is 4.37. The Labute approximate surface area is 95.2 Å². The highest BCUT2D eigenvalue weighted by Gasteiger charge is 2.31. The minimum Gasteiger partial charge on any atom is -0.216 e. The number of benzene rings is 1. The Morgan fingerprint density at radius 2 is 1.76 bits per heavy atom. The molecular formula is C10H6F4O2S. The monoisotopic (exact) mass is 266 g/mol. The van der Waals surface area contributed by atoms with E-state index in [2.05, 4.69) is 0 Å². The first kappa shape index (κ1) is 13.5. The first-order valence-electron chi connectivity index (χ1n) is 4.18. The van der Waals surface area contributed by atoms with Crippen molar-refractivity contribution in [1.29, 1.82) is 0 Å². The Bertz CT molecular complexity index is 591. The Hall–Kier alpha value is -1.55. The lowest BCUT2D eigenvalue weighted by atomic mass is 10.1. The summed E-state index contributed by atoms with van der Waals surface area (Å²) in [5, 5.41) is 1.73. The molecule has 0 N–H and O–H groups in total. The van der Waals surface area contributed by atoms with E-state index in [1.54, 1.807) is 5.25 Å². The molecule has 0 fully saturated rings. The van der Waals surface area contributed by atoms with Gasteiger partial charge >= 0.3 is 6.18 Å². The third-order valence-corrected chi connectivity index (χ3v) is 2.08. The van der Waals surface area contributed by atoms with Gasteiger partial charge in [0.15, 0.2) is 0 Å². The smallest absolute Gasteiger partial charge is 0.216 e. The van der Waals surface area contributed by atoms with E-state index in [1.807, 2.05) is 5.92 Å². The number of hydrogen-bond acceptors (Lipinski definition) is 2. The minimum absolute atomic E-state index is 0.311. The highest BCUT2D eigenvalue weighted by Crippen LogP contribution is 2.30. The van der Waals surface area contributed by atoms with Crippen LogP contribution in [-0.2, 0) is 16.0 Å². The molecule has 1 aromatic carbocycles. The van der Waals surface area contributed by atoms with Gasteiger partial charge in [-0.3, -0.25) is 0 Å². The summed E-state index contributed by atoms with van der Waals surface area (Å²) in [5.74, 6) is 0.833. The molecule has 0 saturated carbocycles. The molecule has 0 aromatic heterocycles. The van der Waals surface area contributed by atoms with Crippen LogP contribution in [0.1, 0.15) is 11.1 Å². The Morgan fingerprint density at radius 3 is 2.24 bits per heavy atom. The molecule has 0 amide bonds. The lowest BCUT2D eigenvalue weighted by molar-refractivity contribution is -0.137. The van der Waals surface area contributed by atoms with Crippen LogP contribution >= 0.6 is 0 Å². The average Bonchev–Trinajstić information content (AvgIpc) is 2.11. The van der Waals surface area contributed by atoms with E-state index in [1.165, 1.54) is 0 Å². The van der Waals surface area contributed by atoms with Crippen LogP contribution < -0.4 is 0 Å². The van der Waals surface area contributed by atoms with Crippen LogP contribution in [0.15, 0.2) is 18.2 Å². The predicted octanol–water partition coefficient (Wildman–Crippen LogP) is 2.20. The Morgan fingerprint density at radius 1 is 1.18 bits per heavy atom. The predicted molar refractivity (Wildman–Crippen MR) is 53.1 cm³/mol. The van der Waals surface area contributed by atoms with Gasteiger partial charge in [-0.1, -0.05) is 0 Å². The lowest BCUT2D eigenvalue weighted by Gasteiger charge is -2.06. The fourth-order valence-corrected chi connectivity index (χ4v) is 1.28. The van der Waals surface area contributed by atoms with E-state index in [0.29, 0.717) is 12.1 Å². The van der Waals surface area contributed by atoms with Gasteiger partial charge in [0.25, 0.3) is 0 Å². The number of rotatable bonds is 0. The Balaban J connectivity index is 3.28. The van der Waals surface area contributed by atoms with Crippen LogP contribution in [0, 0.1) is 17.0 Å². The van der Waals surface area contributed by atoms with E-state index in [0.717, 1.165) is 12.3 Å². The zero-order chi connectivity index (χ0) is 13.3. The molecule has 1 rings (SSSR count). The molecule has 0 aliphatic carbocycles. The molecule has 0 radical (unpaired) electrons. The van der Waals surface area contributed by atoms with Gasteiger partial charge in [0.05, 0.1) is 11.8 Å². The van der Waals surface area contributed by atoms with Crippen molar-refractivity contribution in [2.45, 2.75) is 6.18 Å². The molecule has 17 heavy (non-hydrogen) atoms. The van der Waals surface area contributed by atoms with E-state index in [9.17, 15) is 26.0 Å². The fraction of sp³-hybridized carbons (Fsp3) is 0.200. The molecular weight excluding hydrogens is 260 g/mol. The lowest BCUT2D eigenvalue weighted by Crippen LogP contribution is -2.05. The van der Waals surface area contributed by atoms with Crippen molar-refractivity contribution in [2.24, 2.45) is 0 Å². The SMILES string of the molecule is CS(=O)(=O)C#Cc1cc(F)cc(C(F)(F)F)c1. The van der Waals surface area contributed by atoms with Crippen molar-refractivity contribution in [3.63, 3.8) is 0 Å². The van der Waals surface area contributed by atoms with Gasteiger partial charge in [0.1, 0.15) is 5.82 Å². The summed E-state index contributed by atoms with van der Waals surface area (Å²) in [6.45, 7) is 0. The van der Waals surface area contributed by atoms with E-state index in [4.69, 9.17) is 0 Å². The number of sulfone groups is 1. The van der Waals surface area contributed by atoms with Gasteiger partial charge in [-0.25, -0.2) is 12.8 Å². The summed E-state index contributed by atoms with van der Waals surface area (Å²) in [4.78, 5) is 0. The maximum absolute atomic E-state index is 12.9. The fourth-order valence-electron chi connectivity index (χ4n) is 0.977. The summed E-state index contributed by atoms with van der Waals surface area (Å²) in [6, 6.07) is 1.63. The van der Waals surface area contributed by atoms with Crippen molar-refractivity contribution in [3.05, 3.63) is 35.1 Å². The zero-order valence-corrected chi connectivity index (χ0v) is 9.29. The molecule has 7 heteroatoms. The summed E-state index contributed by atoms with van der Waals surface area (Å²) in [7, 11) is -3.65. The first-order chi connectivity index (χ1) is 7.58. The number of hydrogen-bond donors (Lipinski definition) is 0. The maximum atomic E-state index is 12.9. The van der Waals surface area contributed by atoms with Crippen LogP contribution in [-0.4, -0.2) is 14.7 Å². The van der Waals surface area contributed by atoms with E-state index in [-0.39, 0.29) is 5.56 Å². The van der Waals surface area contributed by atoms with Crippen LogP contribution in [0.4, 0.5) is 17.6 Å². The van der Waals surface area contributed by atoms with Crippen LogP contribution in [0.25, 0.3) is 0 Å².